The van der Waals surface area contributed by atoms with Crippen LogP contribution in [0.5, 0.6) is 0 Å². The van der Waals surface area contributed by atoms with E-state index in [9.17, 15) is 13.2 Å². The first-order chi connectivity index (χ1) is 11.3. The Morgan fingerprint density at radius 1 is 1.00 bits per heavy atom. The van der Waals surface area contributed by atoms with Crippen molar-refractivity contribution >= 4 is 15.9 Å². The number of benzene rings is 2. The minimum absolute atomic E-state index is 0.203. The highest BCUT2D eigenvalue weighted by atomic mass is 32.2. The molecule has 2 N–H and O–H groups in total. The highest BCUT2D eigenvalue weighted by Gasteiger charge is 2.17. The van der Waals surface area contributed by atoms with E-state index < -0.39 is 10.0 Å². The van der Waals surface area contributed by atoms with Crippen LogP contribution >= 0.6 is 0 Å². The van der Waals surface area contributed by atoms with Gasteiger partial charge in [-0.2, -0.15) is 0 Å². The summed E-state index contributed by atoms with van der Waals surface area (Å²) in [7, 11) is -3.71. The minimum Gasteiger partial charge on any atom is -0.351 e. The molecule has 0 radical (unpaired) electrons. The van der Waals surface area contributed by atoms with Gasteiger partial charge in [0.1, 0.15) is 0 Å². The number of carbonyl (C=O) groups excluding carboxylic acids is 1. The maximum Gasteiger partial charge on any atom is 0.241 e. The normalized spacial score (nSPS) is 11.3. The molecule has 0 aliphatic rings. The number of sulfonamides is 1. The molecule has 6 heteroatoms. The fraction of sp³-hybridized carbons (Fsp3) is 0.278. The Labute approximate surface area is 143 Å². The second kappa shape index (κ2) is 7.59. The second-order valence-electron chi connectivity index (χ2n) is 5.86. The van der Waals surface area contributed by atoms with Crippen LogP contribution < -0.4 is 10.0 Å². The molecule has 0 heterocycles. The van der Waals surface area contributed by atoms with E-state index in [0.717, 1.165) is 16.7 Å². The monoisotopic (exact) mass is 346 g/mol. The smallest absolute Gasteiger partial charge is 0.241 e. The number of hydrogen-bond acceptors (Lipinski definition) is 3. The van der Waals surface area contributed by atoms with Crippen molar-refractivity contribution in [3.63, 3.8) is 0 Å². The van der Waals surface area contributed by atoms with Crippen LogP contribution in [-0.2, 0) is 21.4 Å². The van der Waals surface area contributed by atoms with Gasteiger partial charge in [0.15, 0.2) is 0 Å². The Morgan fingerprint density at radius 2 is 1.71 bits per heavy atom. The van der Waals surface area contributed by atoms with Gasteiger partial charge in [0, 0.05) is 6.54 Å². The molecule has 0 bridgehead atoms. The Kier molecular flexibility index (Phi) is 5.75. The Hall–Kier alpha value is -2.18. The van der Waals surface area contributed by atoms with Gasteiger partial charge in [-0.15, -0.1) is 0 Å². The number of rotatable bonds is 6. The Balaban J connectivity index is 1.94. The summed E-state index contributed by atoms with van der Waals surface area (Å²) in [5, 5.41) is 2.71. The molecule has 128 valence electrons. The largest absolute Gasteiger partial charge is 0.351 e. The summed E-state index contributed by atoms with van der Waals surface area (Å²) in [5.74, 6) is -0.370. The summed E-state index contributed by atoms with van der Waals surface area (Å²) in [5.41, 5.74) is 3.58. The van der Waals surface area contributed by atoms with Crippen LogP contribution in [0.2, 0.25) is 0 Å². The lowest BCUT2D eigenvalue weighted by molar-refractivity contribution is -0.120. The molecule has 0 atom stereocenters. The van der Waals surface area contributed by atoms with Gasteiger partial charge in [0.05, 0.1) is 11.4 Å². The first-order valence-electron chi connectivity index (χ1n) is 7.67. The van der Waals surface area contributed by atoms with Crippen molar-refractivity contribution < 1.29 is 13.2 Å². The Morgan fingerprint density at radius 3 is 2.42 bits per heavy atom. The summed E-state index contributed by atoms with van der Waals surface area (Å²) in [4.78, 5) is 12.1. The lowest BCUT2D eigenvalue weighted by Crippen LogP contribution is -2.36. The average Bonchev–Trinajstić information content (AvgIpc) is 2.53. The number of carbonyl (C=O) groups is 1. The SMILES string of the molecule is Cc1cccc(CNC(=O)CNS(=O)(=O)c2cc(C)ccc2C)c1. The lowest BCUT2D eigenvalue weighted by Gasteiger charge is -2.10. The van der Waals surface area contributed by atoms with E-state index in [1.165, 1.54) is 0 Å². The molecule has 2 aromatic carbocycles. The van der Waals surface area contributed by atoms with E-state index in [-0.39, 0.29) is 17.3 Å². The molecule has 0 spiro atoms. The maximum absolute atomic E-state index is 12.3. The van der Waals surface area contributed by atoms with Crippen molar-refractivity contribution in [3.8, 4) is 0 Å². The number of nitrogens with one attached hydrogen (secondary N) is 2. The molecular weight excluding hydrogens is 324 g/mol. The van der Waals surface area contributed by atoms with Crippen LogP contribution in [0.15, 0.2) is 47.4 Å². The lowest BCUT2D eigenvalue weighted by atomic mass is 10.1. The van der Waals surface area contributed by atoms with E-state index in [4.69, 9.17) is 0 Å². The van der Waals surface area contributed by atoms with Gasteiger partial charge in [-0.1, -0.05) is 42.0 Å². The number of aryl methyl sites for hydroxylation is 3. The molecule has 0 saturated carbocycles. The van der Waals surface area contributed by atoms with Crippen molar-refractivity contribution in [2.75, 3.05) is 6.54 Å². The third kappa shape index (κ3) is 4.91. The van der Waals surface area contributed by atoms with Crippen molar-refractivity contribution in [1.29, 1.82) is 0 Å². The predicted molar refractivity (Wildman–Crippen MR) is 94.1 cm³/mol. The number of amides is 1. The topological polar surface area (TPSA) is 75.3 Å². The molecule has 0 aromatic heterocycles. The summed E-state index contributed by atoms with van der Waals surface area (Å²) >= 11 is 0. The van der Waals surface area contributed by atoms with Crippen LogP contribution in [0, 0.1) is 20.8 Å². The van der Waals surface area contributed by atoms with Crippen molar-refractivity contribution in [2.45, 2.75) is 32.2 Å². The van der Waals surface area contributed by atoms with Gasteiger partial charge in [0.25, 0.3) is 0 Å². The van der Waals surface area contributed by atoms with E-state index in [2.05, 4.69) is 10.0 Å². The Bertz CT molecular complexity index is 845. The molecule has 1 amide bonds. The second-order valence-corrected chi connectivity index (χ2v) is 7.59. The van der Waals surface area contributed by atoms with Crippen LogP contribution in [0.25, 0.3) is 0 Å². The first-order valence-corrected chi connectivity index (χ1v) is 9.15. The highest BCUT2D eigenvalue weighted by molar-refractivity contribution is 7.89. The fourth-order valence-electron chi connectivity index (χ4n) is 2.32. The molecule has 5 nitrogen and oxygen atoms in total. The number of hydrogen-bond donors (Lipinski definition) is 2. The van der Waals surface area contributed by atoms with Gasteiger partial charge in [-0.25, -0.2) is 13.1 Å². The van der Waals surface area contributed by atoms with Crippen molar-refractivity contribution in [2.24, 2.45) is 0 Å². The molecule has 0 fully saturated rings. The molecule has 0 aliphatic carbocycles. The highest BCUT2D eigenvalue weighted by Crippen LogP contribution is 2.16. The summed E-state index contributed by atoms with van der Waals surface area (Å²) in [6.07, 6.45) is 0. The zero-order chi connectivity index (χ0) is 17.7. The van der Waals surface area contributed by atoms with Gasteiger partial charge in [-0.3, -0.25) is 4.79 Å². The fourth-order valence-corrected chi connectivity index (χ4v) is 3.63. The average molecular weight is 346 g/mol. The van der Waals surface area contributed by atoms with Crippen LogP contribution in [0.3, 0.4) is 0 Å². The zero-order valence-electron chi connectivity index (χ0n) is 14.1. The third-order valence-electron chi connectivity index (χ3n) is 3.63. The third-order valence-corrected chi connectivity index (χ3v) is 5.17. The maximum atomic E-state index is 12.3. The van der Waals surface area contributed by atoms with Crippen LogP contribution in [0.4, 0.5) is 0 Å². The van der Waals surface area contributed by atoms with Crippen molar-refractivity contribution in [1.82, 2.24) is 10.0 Å². The van der Waals surface area contributed by atoms with E-state index in [1.54, 1.807) is 19.1 Å². The van der Waals surface area contributed by atoms with Crippen LogP contribution in [-0.4, -0.2) is 20.9 Å². The molecule has 0 unspecified atom stereocenters. The molecule has 2 rings (SSSR count). The van der Waals surface area contributed by atoms with Gasteiger partial charge < -0.3 is 5.32 Å². The van der Waals surface area contributed by atoms with E-state index >= 15 is 0 Å². The standard InChI is InChI=1S/C18H22N2O3S/c1-13-5-4-6-16(9-13)11-19-18(21)12-20-24(22,23)17-10-14(2)7-8-15(17)3/h4-10,20H,11-12H2,1-3H3,(H,19,21). The first kappa shape index (κ1) is 18.2. The molecule has 0 saturated heterocycles. The predicted octanol–water partition coefficient (Wildman–Crippen LogP) is 2.21. The summed E-state index contributed by atoms with van der Waals surface area (Å²) in [6, 6.07) is 13.0. The molecular formula is C18H22N2O3S. The van der Waals surface area contributed by atoms with Gasteiger partial charge in [-0.05, 0) is 43.5 Å². The minimum atomic E-state index is -3.71. The summed E-state index contributed by atoms with van der Waals surface area (Å²) in [6.45, 7) is 5.61. The van der Waals surface area contributed by atoms with Crippen molar-refractivity contribution in [3.05, 3.63) is 64.7 Å². The summed E-state index contributed by atoms with van der Waals surface area (Å²) < 4.78 is 27.0. The molecule has 0 aliphatic heterocycles. The quantitative estimate of drug-likeness (QED) is 0.842. The zero-order valence-corrected chi connectivity index (χ0v) is 14.9. The van der Waals surface area contributed by atoms with Gasteiger partial charge >= 0.3 is 0 Å². The molecule has 24 heavy (non-hydrogen) atoms. The molecule has 2 aromatic rings. The van der Waals surface area contributed by atoms with Gasteiger partial charge in [0.2, 0.25) is 15.9 Å². The van der Waals surface area contributed by atoms with Crippen LogP contribution in [0.1, 0.15) is 22.3 Å². The van der Waals surface area contributed by atoms with E-state index in [1.807, 2.05) is 44.2 Å². The van der Waals surface area contributed by atoms with E-state index in [0.29, 0.717) is 12.1 Å².